The molecule has 0 aliphatic carbocycles. The van der Waals surface area contributed by atoms with E-state index in [0.717, 1.165) is 55.7 Å². The molecule has 2 heterocycles. The van der Waals surface area contributed by atoms with Crippen LogP contribution in [0, 0.1) is 0 Å². The van der Waals surface area contributed by atoms with Gasteiger partial charge in [-0.1, -0.05) is 18.2 Å². The molecule has 1 aromatic heterocycles. The first-order valence-corrected chi connectivity index (χ1v) is 6.77. The predicted octanol–water partition coefficient (Wildman–Crippen LogP) is 2.04. The van der Waals surface area contributed by atoms with Crippen LogP contribution in [-0.4, -0.2) is 36.2 Å². The fourth-order valence-electron chi connectivity index (χ4n) is 2.50. The lowest BCUT2D eigenvalue weighted by Gasteiger charge is -2.20. The van der Waals surface area contributed by atoms with Crippen LogP contribution in [0.2, 0.25) is 0 Å². The van der Waals surface area contributed by atoms with E-state index in [1.807, 2.05) is 18.2 Å². The average molecular weight is 257 g/mol. The van der Waals surface area contributed by atoms with Gasteiger partial charge in [-0.2, -0.15) is 0 Å². The summed E-state index contributed by atoms with van der Waals surface area (Å²) in [6.07, 6.45) is 1.08. The SMILES string of the molecule is Nc1nc2ccccc2cc1CN1CCCOCC1. The summed E-state index contributed by atoms with van der Waals surface area (Å²) >= 11 is 0. The number of fused-ring (bicyclic) bond motifs is 1. The smallest absolute Gasteiger partial charge is 0.128 e. The van der Waals surface area contributed by atoms with Crippen LogP contribution in [0.5, 0.6) is 0 Å². The van der Waals surface area contributed by atoms with Crippen molar-refractivity contribution >= 4 is 16.7 Å². The number of rotatable bonds is 2. The Kier molecular flexibility index (Phi) is 3.62. The molecule has 0 amide bonds. The summed E-state index contributed by atoms with van der Waals surface area (Å²) in [4.78, 5) is 6.87. The lowest BCUT2D eigenvalue weighted by Crippen LogP contribution is -2.26. The summed E-state index contributed by atoms with van der Waals surface area (Å²) in [6.45, 7) is 4.55. The molecule has 1 fully saturated rings. The van der Waals surface area contributed by atoms with Gasteiger partial charge in [-0.05, 0) is 18.6 Å². The van der Waals surface area contributed by atoms with Gasteiger partial charge in [0.1, 0.15) is 5.82 Å². The van der Waals surface area contributed by atoms with Gasteiger partial charge in [0.25, 0.3) is 0 Å². The first kappa shape index (κ1) is 12.4. The van der Waals surface area contributed by atoms with Crippen LogP contribution < -0.4 is 5.73 Å². The van der Waals surface area contributed by atoms with E-state index in [2.05, 4.69) is 22.0 Å². The van der Waals surface area contributed by atoms with E-state index in [1.54, 1.807) is 0 Å². The van der Waals surface area contributed by atoms with Crippen LogP contribution in [0.15, 0.2) is 30.3 Å². The van der Waals surface area contributed by atoms with E-state index in [9.17, 15) is 0 Å². The third-order valence-electron chi connectivity index (χ3n) is 3.55. The van der Waals surface area contributed by atoms with Crippen LogP contribution in [0.3, 0.4) is 0 Å². The van der Waals surface area contributed by atoms with Crippen molar-refractivity contribution in [2.75, 3.05) is 32.0 Å². The van der Waals surface area contributed by atoms with E-state index in [1.165, 1.54) is 0 Å². The molecule has 0 radical (unpaired) electrons. The number of pyridine rings is 1. The number of hydrogen-bond acceptors (Lipinski definition) is 4. The second-order valence-electron chi connectivity index (χ2n) is 4.97. The van der Waals surface area contributed by atoms with Crippen molar-refractivity contribution in [1.82, 2.24) is 9.88 Å². The number of ether oxygens (including phenoxy) is 1. The number of nitrogen functional groups attached to an aromatic ring is 1. The molecule has 1 aliphatic heterocycles. The average Bonchev–Trinajstić information content (AvgIpc) is 2.68. The standard InChI is InChI=1S/C15H19N3O/c16-15-13(11-18-6-3-8-19-9-7-18)10-12-4-1-2-5-14(12)17-15/h1-2,4-5,10H,3,6-9,11H2,(H2,16,17). The molecule has 0 spiro atoms. The van der Waals surface area contributed by atoms with Crippen LogP contribution in [0.4, 0.5) is 5.82 Å². The molecule has 1 aliphatic rings. The summed E-state index contributed by atoms with van der Waals surface area (Å²) < 4.78 is 5.47. The minimum atomic E-state index is 0.642. The molecule has 2 N–H and O–H groups in total. The number of benzene rings is 1. The van der Waals surface area contributed by atoms with Gasteiger partial charge in [0, 0.05) is 37.2 Å². The Morgan fingerprint density at radius 2 is 2.11 bits per heavy atom. The molecule has 1 saturated heterocycles. The number of para-hydroxylation sites is 1. The highest BCUT2D eigenvalue weighted by Crippen LogP contribution is 2.20. The number of nitrogens with zero attached hydrogens (tertiary/aromatic N) is 2. The van der Waals surface area contributed by atoms with Crippen LogP contribution in [0.25, 0.3) is 10.9 Å². The molecule has 19 heavy (non-hydrogen) atoms. The topological polar surface area (TPSA) is 51.4 Å². The first-order valence-electron chi connectivity index (χ1n) is 6.77. The third-order valence-corrected chi connectivity index (χ3v) is 3.55. The Labute approximate surface area is 113 Å². The van der Waals surface area contributed by atoms with Crippen molar-refractivity contribution in [3.8, 4) is 0 Å². The highest BCUT2D eigenvalue weighted by atomic mass is 16.5. The van der Waals surface area contributed by atoms with Gasteiger partial charge in [-0.3, -0.25) is 4.90 Å². The van der Waals surface area contributed by atoms with E-state index in [-0.39, 0.29) is 0 Å². The summed E-state index contributed by atoms with van der Waals surface area (Å²) in [5.41, 5.74) is 8.15. The maximum Gasteiger partial charge on any atom is 0.128 e. The van der Waals surface area contributed by atoms with Gasteiger partial charge in [0.05, 0.1) is 12.1 Å². The van der Waals surface area contributed by atoms with Crippen molar-refractivity contribution < 1.29 is 4.74 Å². The monoisotopic (exact) mass is 257 g/mol. The zero-order valence-electron chi connectivity index (χ0n) is 11.0. The highest BCUT2D eigenvalue weighted by Gasteiger charge is 2.12. The third kappa shape index (κ3) is 2.85. The fraction of sp³-hybridized carbons (Fsp3) is 0.400. The largest absolute Gasteiger partial charge is 0.383 e. The molecule has 0 unspecified atom stereocenters. The minimum absolute atomic E-state index is 0.642. The number of anilines is 1. The lowest BCUT2D eigenvalue weighted by molar-refractivity contribution is 0.140. The molecule has 2 aromatic rings. The molecule has 1 aromatic carbocycles. The number of nitrogens with two attached hydrogens (primary N) is 1. The van der Waals surface area contributed by atoms with E-state index >= 15 is 0 Å². The van der Waals surface area contributed by atoms with Crippen LogP contribution in [-0.2, 0) is 11.3 Å². The minimum Gasteiger partial charge on any atom is -0.383 e. The summed E-state index contributed by atoms with van der Waals surface area (Å²) in [7, 11) is 0. The van der Waals surface area contributed by atoms with E-state index < -0.39 is 0 Å². The predicted molar refractivity (Wildman–Crippen MR) is 76.9 cm³/mol. The van der Waals surface area contributed by atoms with Gasteiger partial charge in [0.15, 0.2) is 0 Å². The molecule has 100 valence electrons. The van der Waals surface area contributed by atoms with Crippen molar-refractivity contribution in [3.05, 3.63) is 35.9 Å². The second-order valence-corrected chi connectivity index (χ2v) is 4.97. The maximum absolute atomic E-state index is 6.07. The number of hydrogen-bond donors (Lipinski definition) is 1. The highest BCUT2D eigenvalue weighted by molar-refractivity contribution is 5.81. The molecular weight excluding hydrogens is 238 g/mol. The molecule has 3 rings (SSSR count). The normalized spacial score (nSPS) is 17.5. The van der Waals surface area contributed by atoms with Crippen LogP contribution in [0.1, 0.15) is 12.0 Å². The van der Waals surface area contributed by atoms with E-state index in [0.29, 0.717) is 5.82 Å². The fourth-order valence-corrected chi connectivity index (χ4v) is 2.50. The van der Waals surface area contributed by atoms with Crippen molar-refractivity contribution in [2.24, 2.45) is 0 Å². The van der Waals surface area contributed by atoms with Crippen LogP contribution >= 0.6 is 0 Å². The molecule has 4 heteroatoms. The first-order chi connectivity index (χ1) is 9.33. The molecule has 0 saturated carbocycles. The number of aromatic nitrogens is 1. The van der Waals surface area contributed by atoms with Crippen molar-refractivity contribution in [3.63, 3.8) is 0 Å². The second kappa shape index (κ2) is 5.55. The Morgan fingerprint density at radius 3 is 3.05 bits per heavy atom. The summed E-state index contributed by atoms with van der Waals surface area (Å²) in [6, 6.07) is 10.2. The Hall–Kier alpha value is -1.65. The Morgan fingerprint density at radius 1 is 1.21 bits per heavy atom. The molecule has 0 bridgehead atoms. The summed E-state index contributed by atoms with van der Waals surface area (Å²) in [5.74, 6) is 0.642. The van der Waals surface area contributed by atoms with Gasteiger partial charge < -0.3 is 10.5 Å². The van der Waals surface area contributed by atoms with Crippen molar-refractivity contribution in [1.29, 1.82) is 0 Å². The quantitative estimate of drug-likeness (QED) is 0.894. The molecule has 0 atom stereocenters. The Bertz CT molecular complexity index is 562. The van der Waals surface area contributed by atoms with Gasteiger partial charge in [-0.25, -0.2) is 4.98 Å². The molecular formula is C15H19N3O. The lowest BCUT2D eigenvalue weighted by atomic mass is 10.1. The zero-order valence-corrected chi connectivity index (χ0v) is 11.0. The maximum atomic E-state index is 6.07. The van der Waals surface area contributed by atoms with Crippen molar-refractivity contribution in [2.45, 2.75) is 13.0 Å². The summed E-state index contributed by atoms with van der Waals surface area (Å²) in [5, 5.41) is 1.15. The Balaban J connectivity index is 1.85. The van der Waals surface area contributed by atoms with Gasteiger partial charge in [-0.15, -0.1) is 0 Å². The molecule has 4 nitrogen and oxygen atoms in total. The van der Waals surface area contributed by atoms with Gasteiger partial charge in [0.2, 0.25) is 0 Å². The zero-order chi connectivity index (χ0) is 13.1. The van der Waals surface area contributed by atoms with E-state index in [4.69, 9.17) is 10.5 Å². The van der Waals surface area contributed by atoms with Gasteiger partial charge >= 0.3 is 0 Å².